The number of likely N-dealkylation sites (tertiary alicyclic amines) is 1. The van der Waals surface area contributed by atoms with Gasteiger partial charge in [0.1, 0.15) is 11.8 Å². The SMILES string of the molecule is C=C1CCN(C(=O)CN(C)C)C1C/C(=C/OC)Nc1nc(Nc2ccccc2S(=O)(=O)CC)c2[nH]ccc2n1. The maximum atomic E-state index is 12.9. The van der Waals surface area contributed by atoms with Crippen molar-refractivity contribution in [1.29, 1.82) is 0 Å². The third-order valence-electron chi connectivity index (χ3n) is 6.50. The highest BCUT2D eigenvalue weighted by Crippen LogP contribution is 2.31. The van der Waals surface area contributed by atoms with Crippen molar-refractivity contribution in [2.75, 3.05) is 50.7 Å². The van der Waals surface area contributed by atoms with Crippen molar-refractivity contribution in [2.24, 2.45) is 0 Å². The van der Waals surface area contributed by atoms with Crippen LogP contribution in [0, 0.1) is 0 Å². The van der Waals surface area contributed by atoms with Crippen LogP contribution >= 0.6 is 0 Å². The Morgan fingerprint density at radius 2 is 2.05 bits per heavy atom. The van der Waals surface area contributed by atoms with E-state index in [1.54, 1.807) is 50.8 Å². The molecule has 1 aliphatic rings. The topological polar surface area (TPSA) is 133 Å². The summed E-state index contributed by atoms with van der Waals surface area (Å²) in [5.41, 5.74) is 3.33. The van der Waals surface area contributed by atoms with Crippen LogP contribution in [-0.2, 0) is 19.4 Å². The molecule has 0 radical (unpaired) electrons. The van der Waals surface area contributed by atoms with Gasteiger partial charge in [0, 0.05) is 19.2 Å². The Hall–Kier alpha value is -3.90. The van der Waals surface area contributed by atoms with E-state index in [9.17, 15) is 13.2 Å². The Kier molecular flexibility index (Phi) is 8.56. The Morgan fingerprint density at radius 3 is 2.77 bits per heavy atom. The van der Waals surface area contributed by atoms with E-state index in [2.05, 4.69) is 32.2 Å². The van der Waals surface area contributed by atoms with Crippen LogP contribution in [-0.4, -0.2) is 85.2 Å². The minimum atomic E-state index is -3.46. The first-order valence-corrected chi connectivity index (χ1v) is 14.3. The molecular weight excluding hydrogens is 518 g/mol. The van der Waals surface area contributed by atoms with Gasteiger partial charge >= 0.3 is 0 Å². The highest BCUT2D eigenvalue weighted by molar-refractivity contribution is 7.91. The molecule has 0 saturated carbocycles. The molecule has 1 aromatic carbocycles. The molecule has 208 valence electrons. The lowest BCUT2D eigenvalue weighted by molar-refractivity contribution is -0.132. The van der Waals surface area contributed by atoms with E-state index in [1.807, 2.05) is 30.0 Å². The number of likely N-dealkylation sites (N-methyl/N-ethyl adjacent to an activating group) is 1. The summed E-state index contributed by atoms with van der Waals surface area (Å²) in [7, 11) is 1.82. The van der Waals surface area contributed by atoms with Gasteiger partial charge in [-0.25, -0.2) is 13.4 Å². The monoisotopic (exact) mass is 553 g/mol. The number of aromatic nitrogens is 3. The van der Waals surface area contributed by atoms with Crippen LogP contribution in [0.2, 0.25) is 0 Å². The number of amides is 1. The molecule has 4 rings (SSSR count). The standard InChI is InChI=1S/C27H35N7O4S/c1-6-39(36,37)23-10-8-7-9-20(23)30-26-25-21(11-13-28-25)31-27(32-26)29-19(17-38-5)15-22-18(2)12-14-34(22)24(35)16-33(3)4/h7-11,13,17,22,28H,2,6,12,14-16H2,1,3-5H3,(H2,29,30,31,32)/b19-17-. The third-order valence-corrected chi connectivity index (χ3v) is 8.29. The van der Waals surface area contributed by atoms with Crippen LogP contribution in [0.25, 0.3) is 11.0 Å². The molecular formula is C27H35N7O4S. The molecule has 3 heterocycles. The smallest absolute Gasteiger partial charge is 0.237 e. The summed E-state index contributed by atoms with van der Waals surface area (Å²) in [6.45, 7) is 6.75. The highest BCUT2D eigenvalue weighted by atomic mass is 32.2. The van der Waals surface area contributed by atoms with Crippen LogP contribution in [0.1, 0.15) is 19.8 Å². The highest BCUT2D eigenvalue weighted by Gasteiger charge is 2.32. The van der Waals surface area contributed by atoms with Gasteiger partial charge < -0.3 is 30.2 Å². The number of benzene rings is 1. The molecule has 1 saturated heterocycles. The van der Waals surface area contributed by atoms with Crippen molar-refractivity contribution in [2.45, 2.75) is 30.7 Å². The first-order valence-electron chi connectivity index (χ1n) is 12.7. The number of carbonyl (C=O) groups is 1. The van der Waals surface area contributed by atoms with Crippen LogP contribution in [0.4, 0.5) is 17.5 Å². The molecule has 1 fully saturated rings. The quantitative estimate of drug-likeness (QED) is 0.241. The Labute approximate surface area is 228 Å². The number of carbonyl (C=O) groups excluding carboxylic acids is 1. The summed E-state index contributed by atoms with van der Waals surface area (Å²) >= 11 is 0. The predicted molar refractivity (Wildman–Crippen MR) is 152 cm³/mol. The molecule has 39 heavy (non-hydrogen) atoms. The predicted octanol–water partition coefficient (Wildman–Crippen LogP) is 3.50. The van der Waals surface area contributed by atoms with Crippen molar-refractivity contribution in [3.8, 4) is 0 Å². The second-order valence-corrected chi connectivity index (χ2v) is 11.9. The second kappa shape index (κ2) is 11.9. The zero-order chi connectivity index (χ0) is 28.2. The number of aromatic amines is 1. The number of anilines is 3. The number of ether oxygens (including phenoxy) is 1. The maximum absolute atomic E-state index is 12.9. The molecule has 2 aromatic heterocycles. The van der Waals surface area contributed by atoms with Crippen molar-refractivity contribution in [1.82, 2.24) is 24.8 Å². The molecule has 12 heteroatoms. The summed E-state index contributed by atoms with van der Waals surface area (Å²) in [6, 6.07) is 8.35. The number of para-hydroxylation sites is 1. The van der Waals surface area contributed by atoms with Gasteiger partial charge in [0.25, 0.3) is 0 Å². The van der Waals surface area contributed by atoms with Gasteiger partial charge in [-0.3, -0.25) is 4.79 Å². The number of nitrogens with zero attached hydrogens (tertiary/aromatic N) is 4. The number of hydrogen-bond acceptors (Lipinski definition) is 9. The Bertz CT molecular complexity index is 1500. The van der Waals surface area contributed by atoms with Crippen LogP contribution in [0.3, 0.4) is 0 Å². The zero-order valence-corrected chi connectivity index (χ0v) is 23.5. The number of methoxy groups -OCH3 is 1. The number of nitrogens with one attached hydrogen (secondary N) is 3. The molecule has 1 unspecified atom stereocenters. The fourth-order valence-corrected chi connectivity index (χ4v) is 5.61. The third kappa shape index (κ3) is 6.40. The van der Waals surface area contributed by atoms with E-state index in [-0.39, 0.29) is 22.6 Å². The minimum Gasteiger partial charge on any atom is -0.503 e. The fraction of sp³-hybridized carbons (Fsp3) is 0.370. The molecule has 3 N–H and O–H groups in total. The van der Waals surface area contributed by atoms with Crippen molar-refractivity contribution in [3.63, 3.8) is 0 Å². The molecule has 0 spiro atoms. The van der Waals surface area contributed by atoms with Gasteiger partial charge in [0.2, 0.25) is 11.9 Å². The van der Waals surface area contributed by atoms with Crippen molar-refractivity contribution >= 4 is 44.2 Å². The van der Waals surface area contributed by atoms with E-state index in [4.69, 9.17) is 4.74 Å². The Balaban J connectivity index is 1.63. The molecule has 0 aliphatic carbocycles. The lowest BCUT2D eigenvalue weighted by Gasteiger charge is -2.27. The van der Waals surface area contributed by atoms with Gasteiger partial charge in [-0.2, -0.15) is 4.98 Å². The zero-order valence-electron chi connectivity index (χ0n) is 22.7. The van der Waals surface area contributed by atoms with Crippen LogP contribution in [0.5, 0.6) is 0 Å². The Morgan fingerprint density at radius 1 is 1.28 bits per heavy atom. The van der Waals surface area contributed by atoms with E-state index in [0.29, 0.717) is 53.7 Å². The number of rotatable bonds is 11. The van der Waals surface area contributed by atoms with Crippen molar-refractivity contribution in [3.05, 3.63) is 60.6 Å². The number of H-pyrrole nitrogens is 1. The molecule has 11 nitrogen and oxygen atoms in total. The minimum absolute atomic E-state index is 0.0219. The molecule has 3 aromatic rings. The normalized spacial score (nSPS) is 16.2. The number of fused-ring (bicyclic) bond motifs is 1. The molecule has 1 aliphatic heterocycles. The van der Waals surface area contributed by atoms with Gasteiger partial charge in [0.15, 0.2) is 15.7 Å². The second-order valence-electron chi connectivity index (χ2n) is 9.62. The molecule has 1 amide bonds. The average molecular weight is 554 g/mol. The first kappa shape index (κ1) is 28.1. The number of sulfone groups is 1. The fourth-order valence-electron chi connectivity index (χ4n) is 4.56. The summed E-state index contributed by atoms with van der Waals surface area (Å²) in [4.78, 5) is 29.2. The first-order chi connectivity index (χ1) is 18.6. The lowest BCUT2D eigenvalue weighted by Crippen LogP contribution is -2.41. The van der Waals surface area contributed by atoms with E-state index in [1.165, 1.54) is 0 Å². The van der Waals surface area contributed by atoms with E-state index in [0.717, 1.165) is 12.0 Å². The van der Waals surface area contributed by atoms with Gasteiger partial charge in [-0.05, 0) is 38.7 Å². The van der Waals surface area contributed by atoms with E-state index < -0.39 is 9.84 Å². The summed E-state index contributed by atoms with van der Waals surface area (Å²) < 4.78 is 30.7. The van der Waals surface area contributed by atoms with Gasteiger partial charge in [0.05, 0.1) is 47.2 Å². The molecule has 0 bridgehead atoms. The summed E-state index contributed by atoms with van der Waals surface area (Å²) in [5.74, 6) is 0.721. The maximum Gasteiger partial charge on any atom is 0.237 e. The average Bonchev–Trinajstić information content (AvgIpc) is 3.51. The summed E-state index contributed by atoms with van der Waals surface area (Å²) in [5, 5.41) is 6.43. The van der Waals surface area contributed by atoms with Gasteiger partial charge in [-0.15, -0.1) is 0 Å². The van der Waals surface area contributed by atoms with Gasteiger partial charge in [-0.1, -0.05) is 31.2 Å². The summed E-state index contributed by atoms with van der Waals surface area (Å²) in [6.07, 6.45) is 4.50. The number of hydrogen-bond donors (Lipinski definition) is 3. The van der Waals surface area contributed by atoms with Crippen molar-refractivity contribution < 1.29 is 17.9 Å². The van der Waals surface area contributed by atoms with E-state index >= 15 is 0 Å². The van der Waals surface area contributed by atoms with Crippen LogP contribution < -0.4 is 10.6 Å². The molecule has 1 atom stereocenters. The lowest BCUT2D eigenvalue weighted by atomic mass is 10.0. The largest absolute Gasteiger partial charge is 0.503 e. The van der Waals surface area contributed by atoms with Crippen LogP contribution in [0.15, 0.2) is 65.5 Å².